The Kier molecular flexibility index (Phi) is 5.67. The van der Waals surface area contributed by atoms with Gasteiger partial charge in [0.25, 0.3) is 5.56 Å². The van der Waals surface area contributed by atoms with Crippen LogP contribution in [-0.2, 0) is 11.3 Å². The van der Waals surface area contributed by atoms with Crippen molar-refractivity contribution in [2.75, 3.05) is 13.7 Å². The molecule has 2 rings (SSSR count). The number of methoxy groups -OCH3 is 1. The number of benzene rings is 1. The van der Waals surface area contributed by atoms with Crippen molar-refractivity contribution in [2.24, 2.45) is 10.2 Å². The van der Waals surface area contributed by atoms with E-state index in [1.807, 2.05) is 38.1 Å². The molecule has 1 N–H and O–H groups in total. The molecule has 1 heterocycles. The summed E-state index contributed by atoms with van der Waals surface area (Å²) < 4.78 is 6.03. The third-order valence-electron chi connectivity index (χ3n) is 3.98. The first-order valence-electron chi connectivity index (χ1n) is 7.75. The number of ether oxygens (including phenoxy) is 1. The highest BCUT2D eigenvalue weighted by Crippen LogP contribution is 2.29. The maximum atomic E-state index is 12.7. The SMILES string of the molecule is COCCn1c(O)c(C#N)c(C)c(N=Nc2c(C)cccc2C)c1=O. The normalized spacial score (nSPS) is 11.0. The number of rotatable bonds is 5. The van der Waals surface area contributed by atoms with E-state index in [1.54, 1.807) is 6.92 Å². The second-order valence-corrected chi connectivity index (χ2v) is 5.67. The van der Waals surface area contributed by atoms with Crippen molar-refractivity contribution < 1.29 is 9.84 Å². The largest absolute Gasteiger partial charge is 0.493 e. The van der Waals surface area contributed by atoms with Gasteiger partial charge in [0.1, 0.15) is 11.6 Å². The van der Waals surface area contributed by atoms with E-state index >= 15 is 0 Å². The number of azo groups is 1. The summed E-state index contributed by atoms with van der Waals surface area (Å²) >= 11 is 0. The van der Waals surface area contributed by atoms with Crippen molar-refractivity contribution in [3.63, 3.8) is 0 Å². The highest BCUT2D eigenvalue weighted by Gasteiger charge is 2.19. The lowest BCUT2D eigenvalue weighted by Gasteiger charge is -2.12. The molecular formula is C18H20N4O3. The summed E-state index contributed by atoms with van der Waals surface area (Å²) in [5.74, 6) is -0.381. The van der Waals surface area contributed by atoms with Crippen LogP contribution in [0.2, 0.25) is 0 Å². The average Bonchev–Trinajstić information content (AvgIpc) is 2.57. The Morgan fingerprint density at radius 3 is 2.36 bits per heavy atom. The Bertz CT molecular complexity index is 903. The Morgan fingerprint density at radius 2 is 1.80 bits per heavy atom. The second-order valence-electron chi connectivity index (χ2n) is 5.67. The molecule has 130 valence electrons. The molecule has 0 amide bonds. The number of aromatic nitrogens is 1. The van der Waals surface area contributed by atoms with Gasteiger partial charge >= 0.3 is 0 Å². The van der Waals surface area contributed by atoms with E-state index in [2.05, 4.69) is 10.2 Å². The second kappa shape index (κ2) is 7.73. The maximum absolute atomic E-state index is 12.7. The van der Waals surface area contributed by atoms with Crippen molar-refractivity contribution in [2.45, 2.75) is 27.3 Å². The molecule has 0 atom stereocenters. The quantitative estimate of drug-likeness (QED) is 0.843. The summed E-state index contributed by atoms with van der Waals surface area (Å²) in [6.45, 7) is 5.71. The lowest BCUT2D eigenvalue weighted by atomic mass is 10.1. The Hall–Kier alpha value is -2.98. The van der Waals surface area contributed by atoms with Crippen LogP contribution in [0.5, 0.6) is 5.88 Å². The standard InChI is InChI=1S/C18H20N4O3/c1-11-6-5-7-12(2)15(11)20-21-16-13(3)14(10-19)17(23)22(18(16)24)8-9-25-4/h5-7,23H,8-9H2,1-4H3. The first kappa shape index (κ1) is 18.4. The van der Waals surface area contributed by atoms with Gasteiger partial charge in [0.15, 0.2) is 5.69 Å². The highest BCUT2D eigenvalue weighted by atomic mass is 16.5. The minimum Gasteiger partial charge on any atom is -0.493 e. The fourth-order valence-corrected chi connectivity index (χ4v) is 2.51. The fourth-order valence-electron chi connectivity index (χ4n) is 2.51. The predicted octanol–water partition coefficient (Wildman–Crippen LogP) is 3.41. The zero-order valence-corrected chi connectivity index (χ0v) is 14.7. The van der Waals surface area contributed by atoms with E-state index in [1.165, 1.54) is 7.11 Å². The number of nitriles is 1. The van der Waals surface area contributed by atoms with Gasteiger partial charge in [-0.25, -0.2) is 0 Å². The van der Waals surface area contributed by atoms with Gasteiger partial charge in [0, 0.05) is 12.7 Å². The summed E-state index contributed by atoms with van der Waals surface area (Å²) in [7, 11) is 1.49. The van der Waals surface area contributed by atoms with Crippen LogP contribution < -0.4 is 5.56 Å². The van der Waals surface area contributed by atoms with Crippen LogP contribution in [0.15, 0.2) is 33.2 Å². The molecule has 0 radical (unpaired) electrons. The van der Waals surface area contributed by atoms with Gasteiger partial charge in [-0.3, -0.25) is 9.36 Å². The number of aryl methyl sites for hydroxylation is 2. The van der Waals surface area contributed by atoms with Crippen molar-refractivity contribution >= 4 is 11.4 Å². The lowest BCUT2D eigenvalue weighted by Crippen LogP contribution is -2.23. The van der Waals surface area contributed by atoms with E-state index in [0.29, 0.717) is 11.3 Å². The van der Waals surface area contributed by atoms with Gasteiger partial charge in [-0.2, -0.15) is 5.26 Å². The molecule has 0 saturated carbocycles. The molecule has 0 spiro atoms. The molecule has 0 aliphatic rings. The lowest BCUT2D eigenvalue weighted by molar-refractivity contribution is 0.182. The monoisotopic (exact) mass is 340 g/mol. The van der Waals surface area contributed by atoms with Gasteiger partial charge in [0.05, 0.1) is 18.8 Å². The summed E-state index contributed by atoms with van der Waals surface area (Å²) in [6, 6.07) is 7.65. The smallest absolute Gasteiger partial charge is 0.281 e. The Morgan fingerprint density at radius 1 is 1.20 bits per heavy atom. The highest BCUT2D eigenvalue weighted by molar-refractivity contribution is 5.57. The summed E-state index contributed by atoms with van der Waals surface area (Å²) in [4.78, 5) is 12.7. The minimum atomic E-state index is -0.513. The molecule has 0 aliphatic carbocycles. The molecule has 7 nitrogen and oxygen atoms in total. The first-order chi connectivity index (χ1) is 11.9. The molecule has 0 unspecified atom stereocenters. The number of hydrogen-bond acceptors (Lipinski definition) is 6. The van der Waals surface area contributed by atoms with Crippen molar-refractivity contribution in [3.8, 4) is 11.9 Å². The molecule has 1 aromatic heterocycles. The van der Waals surface area contributed by atoms with E-state index in [9.17, 15) is 15.2 Å². The topological polar surface area (TPSA) is 100.0 Å². The van der Waals surface area contributed by atoms with Gasteiger partial charge in [0.2, 0.25) is 5.88 Å². The van der Waals surface area contributed by atoms with Gasteiger partial charge in [-0.15, -0.1) is 10.2 Å². The van der Waals surface area contributed by atoms with Crippen molar-refractivity contribution in [1.82, 2.24) is 4.57 Å². The molecule has 0 aliphatic heterocycles. The molecule has 7 heteroatoms. The molecule has 1 aromatic carbocycles. The minimum absolute atomic E-state index is 0.00570. The number of aromatic hydroxyl groups is 1. The third kappa shape index (κ3) is 3.59. The predicted molar refractivity (Wildman–Crippen MR) is 93.8 cm³/mol. The van der Waals surface area contributed by atoms with Crippen molar-refractivity contribution in [1.29, 1.82) is 5.26 Å². The van der Waals surface area contributed by atoms with Crippen LogP contribution in [0, 0.1) is 32.1 Å². The van der Waals surface area contributed by atoms with Gasteiger partial charge in [-0.1, -0.05) is 18.2 Å². The summed E-state index contributed by atoms with van der Waals surface area (Å²) in [5, 5.41) is 27.8. The van der Waals surface area contributed by atoms with Crippen LogP contribution in [0.3, 0.4) is 0 Å². The van der Waals surface area contributed by atoms with Crippen molar-refractivity contribution in [3.05, 3.63) is 50.8 Å². The number of hydrogen-bond donors (Lipinski definition) is 1. The fraction of sp³-hybridized carbons (Fsp3) is 0.333. The maximum Gasteiger partial charge on any atom is 0.281 e. The summed E-state index contributed by atoms with van der Waals surface area (Å²) in [5.41, 5.74) is 2.37. The van der Waals surface area contributed by atoms with E-state index < -0.39 is 5.56 Å². The Balaban J connectivity index is 2.63. The zero-order chi connectivity index (χ0) is 18.6. The molecule has 0 bridgehead atoms. The molecule has 0 saturated heterocycles. The van der Waals surface area contributed by atoms with Crippen LogP contribution in [0.25, 0.3) is 0 Å². The van der Waals surface area contributed by atoms with Crippen LogP contribution in [0.1, 0.15) is 22.3 Å². The third-order valence-corrected chi connectivity index (χ3v) is 3.98. The van der Waals surface area contributed by atoms with Gasteiger partial charge < -0.3 is 9.84 Å². The molecular weight excluding hydrogens is 320 g/mol. The van der Waals surface area contributed by atoms with E-state index in [0.717, 1.165) is 15.7 Å². The number of pyridine rings is 1. The first-order valence-corrected chi connectivity index (χ1v) is 7.75. The molecule has 25 heavy (non-hydrogen) atoms. The Labute approximate surface area is 145 Å². The van der Waals surface area contributed by atoms with Crippen LogP contribution >= 0.6 is 0 Å². The average molecular weight is 340 g/mol. The zero-order valence-electron chi connectivity index (χ0n) is 14.7. The van der Waals surface area contributed by atoms with Crippen LogP contribution in [0.4, 0.5) is 11.4 Å². The van der Waals surface area contributed by atoms with Gasteiger partial charge in [-0.05, 0) is 31.9 Å². The van der Waals surface area contributed by atoms with E-state index in [-0.39, 0.29) is 30.3 Å². The van der Waals surface area contributed by atoms with Crippen LogP contribution in [-0.4, -0.2) is 23.4 Å². The molecule has 2 aromatic rings. The summed E-state index contributed by atoms with van der Waals surface area (Å²) in [6.07, 6.45) is 0. The molecule has 0 fully saturated rings. The van der Waals surface area contributed by atoms with E-state index in [4.69, 9.17) is 4.74 Å². The number of nitrogens with zero attached hydrogens (tertiary/aromatic N) is 4.